The lowest BCUT2D eigenvalue weighted by Crippen LogP contribution is -2.22. The SMILES string of the molecule is Cc1ccccc1C(=O)N(C)C.FF.FF.FF. The highest BCUT2D eigenvalue weighted by atomic mass is 20.0. The zero-order valence-electron chi connectivity index (χ0n) is 9.93. The van der Waals surface area contributed by atoms with Crippen molar-refractivity contribution in [3.8, 4) is 0 Å². The molecule has 0 bridgehead atoms. The van der Waals surface area contributed by atoms with E-state index in [0.29, 0.717) is 0 Å². The van der Waals surface area contributed by atoms with Crippen molar-refractivity contribution < 1.29 is 32.2 Å². The molecule has 1 aromatic rings. The van der Waals surface area contributed by atoms with Crippen LogP contribution in [0, 0.1) is 6.92 Å². The van der Waals surface area contributed by atoms with Crippen molar-refractivity contribution in [2.45, 2.75) is 6.92 Å². The van der Waals surface area contributed by atoms with Gasteiger partial charge in [0.05, 0.1) is 0 Å². The molecule has 0 aromatic heterocycles. The Hall–Kier alpha value is -1.73. The van der Waals surface area contributed by atoms with Gasteiger partial charge in [-0.3, -0.25) is 4.79 Å². The van der Waals surface area contributed by atoms with Gasteiger partial charge in [0, 0.05) is 47.1 Å². The number of carbonyl (C=O) groups is 1. The summed E-state index contributed by atoms with van der Waals surface area (Å²) in [5.74, 6) is 0.0631. The molecule has 0 saturated carbocycles. The molecule has 1 rings (SSSR count). The van der Waals surface area contributed by atoms with Crippen molar-refractivity contribution in [2.24, 2.45) is 0 Å². The molecule has 0 N–H and O–H groups in total. The summed E-state index contributed by atoms with van der Waals surface area (Å²) in [5, 5.41) is 0. The van der Waals surface area contributed by atoms with Crippen LogP contribution in [-0.2, 0) is 0 Å². The minimum Gasteiger partial charge on any atom is -0.345 e. The van der Waals surface area contributed by atoms with E-state index in [1.54, 1.807) is 19.0 Å². The fourth-order valence-electron chi connectivity index (χ4n) is 1.05. The van der Waals surface area contributed by atoms with Crippen LogP contribution in [0.4, 0.5) is 27.4 Å². The fourth-order valence-corrected chi connectivity index (χ4v) is 1.05. The number of hydrogen-bond donors (Lipinski definition) is 0. The van der Waals surface area contributed by atoms with Crippen LogP contribution >= 0.6 is 0 Å². The molecule has 0 fully saturated rings. The number of halogens is 6. The number of aryl methyl sites for hydroxylation is 1. The number of rotatable bonds is 1. The van der Waals surface area contributed by atoms with Crippen LogP contribution in [0.1, 0.15) is 15.9 Å². The second kappa shape index (κ2) is 15.3. The van der Waals surface area contributed by atoms with E-state index in [4.69, 9.17) is 27.4 Å². The van der Waals surface area contributed by atoms with E-state index in [2.05, 4.69) is 0 Å². The average molecular weight is 277 g/mol. The van der Waals surface area contributed by atoms with Crippen molar-refractivity contribution in [3.05, 3.63) is 35.4 Å². The summed E-state index contributed by atoms with van der Waals surface area (Å²) in [6, 6.07) is 7.60. The summed E-state index contributed by atoms with van der Waals surface area (Å²) in [6.45, 7) is 1.94. The van der Waals surface area contributed by atoms with Crippen LogP contribution < -0.4 is 0 Å². The van der Waals surface area contributed by atoms with E-state index in [1.807, 2.05) is 31.2 Å². The van der Waals surface area contributed by atoms with Crippen molar-refractivity contribution in [2.75, 3.05) is 14.1 Å². The van der Waals surface area contributed by atoms with Crippen molar-refractivity contribution in [1.29, 1.82) is 0 Å². The Kier molecular flexibility index (Phi) is 18.3. The molecule has 8 heteroatoms. The van der Waals surface area contributed by atoms with Gasteiger partial charge in [0.2, 0.25) is 0 Å². The molecule has 0 saturated heterocycles. The Morgan fingerprint density at radius 2 is 1.33 bits per heavy atom. The van der Waals surface area contributed by atoms with E-state index in [0.717, 1.165) is 11.1 Å². The molecule has 106 valence electrons. The van der Waals surface area contributed by atoms with Gasteiger partial charge in [-0.15, -0.1) is 0 Å². The molecule has 1 amide bonds. The smallest absolute Gasteiger partial charge is 0.253 e. The first-order valence-corrected chi connectivity index (χ1v) is 4.33. The van der Waals surface area contributed by atoms with Crippen LogP contribution in [0.5, 0.6) is 0 Å². The molecule has 0 aliphatic rings. The first kappa shape index (κ1) is 21.5. The zero-order chi connectivity index (χ0) is 15.1. The maximum atomic E-state index is 11.5. The summed E-state index contributed by atoms with van der Waals surface area (Å²) in [4.78, 5) is 13.1. The second-order valence-corrected chi connectivity index (χ2v) is 3.01. The molecule has 0 aliphatic carbocycles. The van der Waals surface area contributed by atoms with Gasteiger partial charge in [0.1, 0.15) is 0 Å². The van der Waals surface area contributed by atoms with Gasteiger partial charge in [0.25, 0.3) is 5.91 Å². The maximum Gasteiger partial charge on any atom is 0.253 e. The Balaban J connectivity index is -0.000000328. The Labute approximate surface area is 100 Å². The number of carbonyl (C=O) groups excluding carboxylic acids is 1. The van der Waals surface area contributed by atoms with Gasteiger partial charge in [-0.25, -0.2) is 0 Å². The standard InChI is InChI=1S/C10H13NO.3F2/c1-8-6-4-5-7-9(8)10(12)11(2)3;3*1-2/h4-7H,1-3H3;;;. The highest BCUT2D eigenvalue weighted by Crippen LogP contribution is 2.08. The molecule has 1 aromatic carbocycles. The molecule has 18 heavy (non-hydrogen) atoms. The van der Waals surface area contributed by atoms with E-state index in [-0.39, 0.29) is 5.91 Å². The zero-order valence-corrected chi connectivity index (χ0v) is 9.93. The van der Waals surface area contributed by atoms with Gasteiger partial charge >= 0.3 is 0 Å². The largest absolute Gasteiger partial charge is 0.345 e. The summed E-state index contributed by atoms with van der Waals surface area (Å²) >= 11 is 0. The Morgan fingerprint density at radius 3 is 1.67 bits per heavy atom. The van der Waals surface area contributed by atoms with Crippen LogP contribution in [0.3, 0.4) is 0 Å². The van der Waals surface area contributed by atoms with Crippen LogP contribution in [0.2, 0.25) is 0 Å². The second-order valence-electron chi connectivity index (χ2n) is 3.01. The summed E-state index contributed by atoms with van der Waals surface area (Å²) < 4.78 is 48.0. The molecule has 0 aliphatic heterocycles. The van der Waals surface area contributed by atoms with Gasteiger partial charge < -0.3 is 4.90 Å². The number of amides is 1. The lowest BCUT2D eigenvalue weighted by Gasteiger charge is -2.11. The fraction of sp³-hybridized carbons (Fsp3) is 0.300. The monoisotopic (exact) mass is 277 g/mol. The predicted molar refractivity (Wildman–Crippen MR) is 55.8 cm³/mol. The normalized spacial score (nSPS) is 7.39. The van der Waals surface area contributed by atoms with Crippen molar-refractivity contribution in [3.63, 3.8) is 0 Å². The number of hydrogen-bond acceptors (Lipinski definition) is 1. The van der Waals surface area contributed by atoms with Gasteiger partial charge in [-0.05, 0) is 18.6 Å². The predicted octanol–water partition coefficient (Wildman–Crippen LogP) is 4.22. The molecule has 2 nitrogen and oxygen atoms in total. The molecule has 0 radical (unpaired) electrons. The van der Waals surface area contributed by atoms with Gasteiger partial charge in [-0.1, -0.05) is 18.2 Å². The summed E-state index contributed by atoms with van der Waals surface area (Å²) in [6.07, 6.45) is 0. The maximum absolute atomic E-state index is 11.5. The quantitative estimate of drug-likeness (QED) is 0.704. The molecule has 0 unspecified atom stereocenters. The molecule has 0 heterocycles. The van der Waals surface area contributed by atoms with E-state index < -0.39 is 0 Å². The molecule has 0 spiro atoms. The molecular weight excluding hydrogens is 264 g/mol. The van der Waals surface area contributed by atoms with Crippen molar-refractivity contribution >= 4 is 5.91 Å². The van der Waals surface area contributed by atoms with Crippen molar-refractivity contribution in [1.82, 2.24) is 4.90 Å². The highest BCUT2D eigenvalue weighted by Gasteiger charge is 2.08. The molecular formula is C10H13F6NO. The van der Waals surface area contributed by atoms with E-state index in [9.17, 15) is 4.79 Å². The summed E-state index contributed by atoms with van der Waals surface area (Å²) in [7, 11) is 3.52. The van der Waals surface area contributed by atoms with Crippen LogP contribution in [0.25, 0.3) is 0 Å². The Morgan fingerprint density at radius 1 is 0.944 bits per heavy atom. The first-order chi connectivity index (χ1) is 8.63. The Bertz CT molecular complexity index is 308. The topological polar surface area (TPSA) is 20.3 Å². The van der Waals surface area contributed by atoms with Gasteiger partial charge in [-0.2, -0.15) is 0 Å². The average Bonchev–Trinajstić information content (AvgIpc) is 2.45. The van der Waals surface area contributed by atoms with E-state index in [1.165, 1.54) is 0 Å². The van der Waals surface area contributed by atoms with Gasteiger partial charge in [0.15, 0.2) is 0 Å². The minimum atomic E-state index is 0.0631. The van der Waals surface area contributed by atoms with Crippen LogP contribution in [-0.4, -0.2) is 24.9 Å². The van der Waals surface area contributed by atoms with E-state index >= 15 is 0 Å². The number of nitrogens with zero attached hydrogens (tertiary/aromatic N) is 1. The summed E-state index contributed by atoms with van der Waals surface area (Å²) in [5.41, 5.74) is 1.80. The third kappa shape index (κ3) is 8.43. The minimum absolute atomic E-state index is 0.0631. The lowest BCUT2D eigenvalue weighted by atomic mass is 10.1. The third-order valence-corrected chi connectivity index (χ3v) is 1.78. The first-order valence-electron chi connectivity index (χ1n) is 4.33. The molecule has 0 atom stereocenters. The number of benzene rings is 1. The lowest BCUT2D eigenvalue weighted by molar-refractivity contribution is 0.0827. The third-order valence-electron chi connectivity index (χ3n) is 1.78. The van der Waals surface area contributed by atoms with Crippen LogP contribution in [0.15, 0.2) is 24.3 Å². The highest BCUT2D eigenvalue weighted by molar-refractivity contribution is 5.95.